The van der Waals surface area contributed by atoms with Gasteiger partial charge in [0, 0.05) is 25.3 Å². The number of allylic oxidation sites excluding steroid dienone is 1. The second kappa shape index (κ2) is 6.91. The largest absolute Gasteiger partial charge is 0.477 e. The van der Waals surface area contributed by atoms with Gasteiger partial charge in [0.15, 0.2) is 5.82 Å². The highest BCUT2D eigenvalue weighted by Crippen LogP contribution is 2.42. The first-order chi connectivity index (χ1) is 14.4. The van der Waals surface area contributed by atoms with Crippen molar-refractivity contribution in [3.63, 3.8) is 0 Å². The van der Waals surface area contributed by atoms with E-state index in [4.69, 9.17) is 5.73 Å². The lowest BCUT2D eigenvalue weighted by Gasteiger charge is -2.27. The van der Waals surface area contributed by atoms with Crippen LogP contribution in [0.25, 0.3) is 10.9 Å². The van der Waals surface area contributed by atoms with Crippen LogP contribution in [-0.4, -0.2) is 35.3 Å². The van der Waals surface area contributed by atoms with E-state index in [0.29, 0.717) is 19.6 Å². The zero-order valence-corrected chi connectivity index (χ0v) is 16.4. The minimum Gasteiger partial charge on any atom is -0.477 e. The molecule has 6 nitrogen and oxygen atoms in total. The lowest BCUT2D eigenvalue weighted by Crippen LogP contribution is -2.30. The summed E-state index contributed by atoms with van der Waals surface area (Å²) in [7, 11) is 0. The van der Waals surface area contributed by atoms with Crippen molar-refractivity contribution >= 4 is 22.6 Å². The standard InChI is InChI=1S/C22H23F2N3O3/c23-17-6-14-19(27(13-4-5-13)10-16(21(14)28)22(29)30)18(24)20(17)26-8-12-3-1-2-11(7-25)15(12)9-26/h1,3,6,10-13,15H,2,4-5,7-9,25H2,(H,29,30)/t11-,12?,15?/m0/s1. The molecule has 0 bridgehead atoms. The molecule has 8 heteroatoms. The maximum Gasteiger partial charge on any atom is 0.341 e. The summed E-state index contributed by atoms with van der Waals surface area (Å²) in [5.41, 5.74) is 4.43. The Hall–Kier alpha value is -2.74. The van der Waals surface area contributed by atoms with Crippen LogP contribution < -0.4 is 16.1 Å². The number of carboxylic acid groups (broad SMARTS) is 1. The molecule has 1 saturated carbocycles. The highest BCUT2D eigenvalue weighted by molar-refractivity contribution is 5.94. The Morgan fingerprint density at radius 2 is 2.03 bits per heavy atom. The molecule has 1 aromatic heterocycles. The molecule has 2 fully saturated rings. The molecular formula is C22H23F2N3O3. The minimum absolute atomic E-state index is 0.00955. The van der Waals surface area contributed by atoms with Gasteiger partial charge in [-0.2, -0.15) is 0 Å². The summed E-state index contributed by atoms with van der Waals surface area (Å²) in [6.45, 7) is 1.51. The van der Waals surface area contributed by atoms with Crippen molar-refractivity contribution in [2.24, 2.45) is 23.5 Å². The molecule has 5 rings (SSSR count). The van der Waals surface area contributed by atoms with Crippen molar-refractivity contribution < 1.29 is 18.7 Å². The number of rotatable bonds is 4. The average Bonchev–Trinajstić information content (AvgIpc) is 3.46. The van der Waals surface area contributed by atoms with E-state index < -0.39 is 28.6 Å². The molecule has 2 heterocycles. The van der Waals surface area contributed by atoms with Gasteiger partial charge in [-0.3, -0.25) is 4.79 Å². The van der Waals surface area contributed by atoms with Gasteiger partial charge in [0.25, 0.3) is 0 Å². The highest BCUT2D eigenvalue weighted by Gasteiger charge is 2.40. The lowest BCUT2D eigenvalue weighted by atomic mass is 9.78. The number of anilines is 1. The SMILES string of the molecule is NC[C@@H]1CC=CC2CN(c3c(F)cc4c(=O)c(C(=O)O)cn(C5CC5)c4c3F)CC21. The molecule has 2 aromatic rings. The maximum absolute atomic E-state index is 15.8. The van der Waals surface area contributed by atoms with Crippen LogP contribution in [0.2, 0.25) is 0 Å². The summed E-state index contributed by atoms with van der Waals surface area (Å²) in [6, 6.07) is 0.921. The second-order valence-electron chi connectivity index (χ2n) is 8.62. The first-order valence-electron chi connectivity index (χ1n) is 10.3. The van der Waals surface area contributed by atoms with E-state index in [1.54, 1.807) is 4.90 Å². The summed E-state index contributed by atoms with van der Waals surface area (Å²) < 4.78 is 32.4. The quantitative estimate of drug-likeness (QED) is 0.750. The van der Waals surface area contributed by atoms with Crippen LogP contribution in [0.1, 0.15) is 35.7 Å². The molecule has 3 N–H and O–H groups in total. The predicted octanol–water partition coefficient (Wildman–Crippen LogP) is 2.90. The fraction of sp³-hybridized carbons (Fsp3) is 0.455. The molecule has 3 aliphatic rings. The number of nitrogens with two attached hydrogens (primary N) is 1. The van der Waals surface area contributed by atoms with Gasteiger partial charge < -0.3 is 20.3 Å². The third-order valence-electron chi connectivity index (χ3n) is 6.81. The van der Waals surface area contributed by atoms with E-state index in [-0.39, 0.29) is 40.4 Å². The molecule has 1 aromatic carbocycles. The molecule has 3 atom stereocenters. The number of aromatic carboxylic acids is 1. The topological polar surface area (TPSA) is 88.6 Å². The van der Waals surface area contributed by atoms with Gasteiger partial charge in [-0.05, 0) is 49.6 Å². The predicted molar refractivity (Wildman–Crippen MR) is 109 cm³/mol. The zero-order chi connectivity index (χ0) is 21.2. The van der Waals surface area contributed by atoms with Crippen molar-refractivity contribution in [1.82, 2.24) is 4.57 Å². The van der Waals surface area contributed by atoms with E-state index in [1.807, 2.05) is 0 Å². The van der Waals surface area contributed by atoms with E-state index in [0.717, 1.165) is 25.3 Å². The first-order valence-corrected chi connectivity index (χ1v) is 10.3. The number of carboxylic acids is 1. The van der Waals surface area contributed by atoms with E-state index in [2.05, 4.69) is 12.2 Å². The lowest BCUT2D eigenvalue weighted by molar-refractivity contribution is 0.0695. The van der Waals surface area contributed by atoms with Crippen molar-refractivity contribution in [2.75, 3.05) is 24.5 Å². The van der Waals surface area contributed by atoms with E-state index in [9.17, 15) is 14.7 Å². The summed E-state index contributed by atoms with van der Waals surface area (Å²) in [4.78, 5) is 25.8. The van der Waals surface area contributed by atoms with Crippen molar-refractivity contribution in [1.29, 1.82) is 0 Å². The summed E-state index contributed by atoms with van der Waals surface area (Å²) in [6.07, 6.45) is 7.79. The number of hydrogen-bond donors (Lipinski definition) is 2. The molecular weight excluding hydrogens is 392 g/mol. The van der Waals surface area contributed by atoms with Crippen LogP contribution in [0.4, 0.5) is 14.5 Å². The Morgan fingerprint density at radius 1 is 1.27 bits per heavy atom. The number of nitrogens with zero attached hydrogens (tertiary/aromatic N) is 2. The van der Waals surface area contributed by atoms with Gasteiger partial charge in [0.2, 0.25) is 5.43 Å². The number of benzene rings is 1. The maximum atomic E-state index is 15.8. The van der Waals surface area contributed by atoms with Gasteiger partial charge in [0.05, 0.1) is 10.9 Å². The van der Waals surface area contributed by atoms with Crippen molar-refractivity contribution in [3.8, 4) is 0 Å². The van der Waals surface area contributed by atoms with Crippen molar-refractivity contribution in [3.05, 3.63) is 51.8 Å². The number of halogens is 2. The minimum atomic E-state index is -1.40. The Kier molecular flexibility index (Phi) is 4.43. The fourth-order valence-electron chi connectivity index (χ4n) is 5.13. The summed E-state index contributed by atoms with van der Waals surface area (Å²) in [5.74, 6) is -2.34. The fourth-order valence-corrected chi connectivity index (χ4v) is 5.13. The normalized spacial score (nSPS) is 25.7. The smallest absolute Gasteiger partial charge is 0.341 e. The van der Waals surface area contributed by atoms with Crippen LogP contribution in [0.3, 0.4) is 0 Å². The van der Waals surface area contributed by atoms with Crippen LogP contribution >= 0.6 is 0 Å². The molecule has 0 amide bonds. The number of fused-ring (bicyclic) bond motifs is 2. The van der Waals surface area contributed by atoms with Gasteiger partial charge in [-0.25, -0.2) is 13.6 Å². The summed E-state index contributed by atoms with van der Waals surface area (Å²) in [5, 5.41) is 9.13. The van der Waals surface area contributed by atoms with Crippen LogP contribution in [0, 0.1) is 29.4 Å². The van der Waals surface area contributed by atoms with E-state index in [1.165, 1.54) is 10.8 Å². The first kappa shape index (κ1) is 19.2. The monoisotopic (exact) mass is 415 g/mol. The molecule has 1 saturated heterocycles. The number of carbonyl (C=O) groups is 1. The molecule has 30 heavy (non-hydrogen) atoms. The molecule has 2 unspecified atom stereocenters. The highest BCUT2D eigenvalue weighted by atomic mass is 19.1. The number of hydrogen-bond acceptors (Lipinski definition) is 4. The van der Waals surface area contributed by atoms with Gasteiger partial charge in [0.1, 0.15) is 17.1 Å². The molecule has 158 valence electrons. The Bertz CT molecular complexity index is 1140. The van der Waals surface area contributed by atoms with Crippen molar-refractivity contribution in [2.45, 2.75) is 25.3 Å². The molecule has 2 aliphatic carbocycles. The molecule has 1 aliphatic heterocycles. The Labute approximate surface area is 171 Å². The molecule has 0 radical (unpaired) electrons. The van der Waals surface area contributed by atoms with Crippen LogP contribution in [0.15, 0.2) is 29.2 Å². The zero-order valence-electron chi connectivity index (χ0n) is 16.4. The Morgan fingerprint density at radius 3 is 2.70 bits per heavy atom. The third-order valence-corrected chi connectivity index (χ3v) is 6.81. The van der Waals surface area contributed by atoms with Gasteiger partial charge >= 0.3 is 5.97 Å². The number of aromatic nitrogens is 1. The van der Waals surface area contributed by atoms with E-state index >= 15 is 8.78 Å². The summed E-state index contributed by atoms with van der Waals surface area (Å²) >= 11 is 0. The Balaban J connectivity index is 1.67. The van der Waals surface area contributed by atoms with Crippen LogP contribution in [-0.2, 0) is 0 Å². The second-order valence-corrected chi connectivity index (χ2v) is 8.62. The number of pyridine rings is 1. The van der Waals surface area contributed by atoms with Gasteiger partial charge in [-0.15, -0.1) is 0 Å². The van der Waals surface area contributed by atoms with Crippen LogP contribution in [0.5, 0.6) is 0 Å². The average molecular weight is 415 g/mol. The third kappa shape index (κ3) is 2.85. The molecule has 0 spiro atoms. The van der Waals surface area contributed by atoms with Gasteiger partial charge in [-0.1, -0.05) is 12.2 Å².